The lowest BCUT2D eigenvalue weighted by Crippen LogP contribution is -2.45. The van der Waals surface area contributed by atoms with E-state index < -0.39 is 24.0 Å². The van der Waals surface area contributed by atoms with Crippen LogP contribution < -0.4 is 15.4 Å². The number of benzene rings is 1. The highest BCUT2D eigenvalue weighted by Gasteiger charge is 2.26. The summed E-state index contributed by atoms with van der Waals surface area (Å²) in [5.41, 5.74) is 0.293. The van der Waals surface area contributed by atoms with Gasteiger partial charge in [0, 0.05) is 12.6 Å². The molecule has 8 nitrogen and oxygen atoms in total. The van der Waals surface area contributed by atoms with Gasteiger partial charge in [0.05, 0.1) is 11.7 Å². The molecule has 1 aromatic carbocycles. The number of amides is 3. The van der Waals surface area contributed by atoms with E-state index in [2.05, 4.69) is 10.6 Å². The Hall–Kier alpha value is -2.61. The van der Waals surface area contributed by atoms with Gasteiger partial charge in [0.25, 0.3) is 5.91 Å². The third kappa shape index (κ3) is 5.96. The Morgan fingerprint density at radius 2 is 1.93 bits per heavy atom. The molecule has 1 aliphatic carbocycles. The minimum Gasteiger partial charge on any atom is -0.491 e. The van der Waals surface area contributed by atoms with Gasteiger partial charge in [0.1, 0.15) is 12.4 Å². The van der Waals surface area contributed by atoms with Crippen molar-refractivity contribution >= 4 is 17.9 Å². The van der Waals surface area contributed by atoms with Gasteiger partial charge in [-0.3, -0.25) is 10.1 Å². The molecule has 1 heterocycles. The summed E-state index contributed by atoms with van der Waals surface area (Å²) in [5.74, 6) is -0.687. The fourth-order valence-electron chi connectivity index (χ4n) is 2.60. The van der Waals surface area contributed by atoms with Crippen molar-refractivity contribution in [3.8, 4) is 5.75 Å². The fourth-order valence-corrected chi connectivity index (χ4v) is 2.60. The minimum atomic E-state index is -1.09. The molecule has 2 N–H and O–H groups in total. The summed E-state index contributed by atoms with van der Waals surface area (Å²) < 4.78 is 16.2. The lowest BCUT2D eigenvalue weighted by Gasteiger charge is -2.14. The fraction of sp³-hybridized carbons (Fsp3) is 0.526. The average molecular weight is 376 g/mol. The molecule has 0 bridgehead atoms. The number of imide groups is 1. The predicted molar refractivity (Wildman–Crippen MR) is 95.5 cm³/mol. The molecule has 146 valence electrons. The number of nitrogens with one attached hydrogen (secondary N) is 2. The van der Waals surface area contributed by atoms with Crippen LogP contribution in [0, 0.1) is 0 Å². The van der Waals surface area contributed by atoms with E-state index in [0.29, 0.717) is 17.9 Å². The lowest BCUT2D eigenvalue weighted by molar-refractivity contribution is -0.127. The Labute approximate surface area is 157 Å². The zero-order valence-corrected chi connectivity index (χ0v) is 15.2. The van der Waals surface area contributed by atoms with Gasteiger partial charge >= 0.3 is 12.0 Å². The second kappa shape index (κ2) is 8.85. The molecule has 8 heteroatoms. The van der Waals surface area contributed by atoms with Crippen LogP contribution >= 0.6 is 0 Å². The van der Waals surface area contributed by atoms with E-state index in [-0.39, 0.29) is 12.1 Å². The van der Waals surface area contributed by atoms with Crippen molar-refractivity contribution in [1.82, 2.24) is 10.6 Å². The van der Waals surface area contributed by atoms with Gasteiger partial charge in [-0.05, 0) is 56.9 Å². The monoisotopic (exact) mass is 376 g/mol. The summed E-state index contributed by atoms with van der Waals surface area (Å²) in [6.07, 6.45) is 2.90. The molecular formula is C19H24N2O6. The first-order chi connectivity index (χ1) is 13.0. The van der Waals surface area contributed by atoms with Crippen LogP contribution in [-0.4, -0.2) is 49.4 Å². The van der Waals surface area contributed by atoms with E-state index in [0.717, 1.165) is 32.3 Å². The summed E-state index contributed by atoms with van der Waals surface area (Å²) in [4.78, 5) is 35.6. The molecule has 2 aliphatic rings. The van der Waals surface area contributed by atoms with Crippen LogP contribution in [0.15, 0.2) is 24.3 Å². The first-order valence-corrected chi connectivity index (χ1v) is 9.18. The molecule has 2 unspecified atom stereocenters. The number of hydrogen-bond acceptors (Lipinski definition) is 6. The number of ether oxygens (including phenoxy) is 3. The van der Waals surface area contributed by atoms with E-state index in [1.807, 2.05) is 0 Å². The molecule has 1 aromatic rings. The quantitative estimate of drug-likeness (QED) is 0.703. The van der Waals surface area contributed by atoms with Crippen molar-refractivity contribution in [1.29, 1.82) is 0 Å². The van der Waals surface area contributed by atoms with Crippen LogP contribution in [0.25, 0.3) is 0 Å². The molecule has 3 amide bonds. The summed E-state index contributed by atoms with van der Waals surface area (Å²) in [5, 5.41) is 4.79. The van der Waals surface area contributed by atoms with Crippen LogP contribution in [0.1, 0.15) is 43.0 Å². The molecule has 3 rings (SSSR count). The first kappa shape index (κ1) is 19.2. The Morgan fingerprint density at radius 3 is 2.56 bits per heavy atom. The molecule has 1 saturated carbocycles. The lowest BCUT2D eigenvalue weighted by atomic mass is 10.2. The molecule has 27 heavy (non-hydrogen) atoms. The van der Waals surface area contributed by atoms with Crippen LogP contribution in [0.4, 0.5) is 4.79 Å². The van der Waals surface area contributed by atoms with Crippen molar-refractivity contribution in [2.45, 2.75) is 50.9 Å². The Balaban J connectivity index is 1.43. The molecule has 2 fully saturated rings. The molecule has 2 atom stereocenters. The average Bonchev–Trinajstić information content (AvgIpc) is 3.30. The maximum Gasteiger partial charge on any atom is 0.338 e. The molecule has 0 radical (unpaired) electrons. The van der Waals surface area contributed by atoms with Crippen molar-refractivity contribution in [2.75, 3.05) is 13.2 Å². The Kier molecular flexibility index (Phi) is 6.28. The SMILES string of the molecule is CC(OC(=O)c1ccc(OCC2CCCO2)cc1)C(=O)NC(=O)NC1CC1. The number of urea groups is 1. The van der Waals surface area contributed by atoms with E-state index in [9.17, 15) is 14.4 Å². The third-order valence-corrected chi connectivity index (χ3v) is 4.35. The van der Waals surface area contributed by atoms with E-state index >= 15 is 0 Å². The maximum atomic E-state index is 12.1. The topological polar surface area (TPSA) is 103 Å². The molecule has 0 aromatic heterocycles. The summed E-state index contributed by atoms with van der Waals surface area (Å²) in [7, 11) is 0. The third-order valence-electron chi connectivity index (χ3n) is 4.35. The highest BCUT2D eigenvalue weighted by molar-refractivity contribution is 5.98. The Morgan fingerprint density at radius 1 is 1.19 bits per heavy atom. The number of carbonyl (C=O) groups is 3. The number of hydrogen-bond donors (Lipinski definition) is 2. The summed E-state index contributed by atoms with van der Waals surface area (Å²) in [6.45, 7) is 2.66. The smallest absolute Gasteiger partial charge is 0.338 e. The van der Waals surface area contributed by atoms with Gasteiger partial charge in [0.15, 0.2) is 6.10 Å². The van der Waals surface area contributed by atoms with Crippen molar-refractivity contribution < 1.29 is 28.6 Å². The number of rotatable bonds is 7. The minimum absolute atomic E-state index is 0.117. The van der Waals surface area contributed by atoms with Gasteiger partial charge in [-0.1, -0.05) is 0 Å². The second-order valence-electron chi connectivity index (χ2n) is 6.75. The maximum absolute atomic E-state index is 12.1. The van der Waals surface area contributed by atoms with E-state index in [4.69, 9.17) is 14.2 Å². The zero-order valence-electron chi connectivity index (χ0n) is 15.2. The summed E-state index contributed by atoms with van der Waals surface area (Å²) in [6, 6.07) is 6.03. The largest absolute Gasteiger partial charge is 0.491 e. The van der Waals surface area contributed by atoms with Crippen molar-refractivity contribution in [3.63, 3.8) is 0 Å². The second-order valence-corrected chi connectivity index (χ2v) is 6.75. The van der Waals surface area contributed by atoms with Gasteiger partial charge in [-0.2, -0.15) is 0 Å². The van der Waals surface area contributed by atoms with Gasteiger partial charge in [0.2, 0.25) is 0 Å². The van der Waals surface area contributed by atoms with Crippen LogP contribution in [0.2, 0.25) is 0 Å². The standard InChI is InChI=1S/C19H24N2O6/c1-12(17(22)21-19(24)20-14-6-7-14)27-18(23)13-4-8-15(9-5-13)26-11-16-3-2-10-25-16/h4-5,8-9,12,14,16H,2-3,6-7,10-11H2,1H3,(H2,20,21,22,24). The van der Waals surface area contributed by atoms with Crippen LogP contribution in [0.3, 0.4) is 0 Å². The number of carbonyl (C=O) groups excluding carboxylic acids is 3. The van der Waals surface area contributed by atoms with Gasteiger partial charge in [-0.25, -0.2) is 9.59 Å². The van der Waals surface area contributed by atoms with Gasteiger partial charge < -0.3 is 19.5 Å². The normalized spacial score (nSPS) is 19.8. The highest BCUT2D eigenvalue weighted by Crippen LogP contribution is 2.18. The van der Waals surface area contributed by atoms with Crippen LogP contribution in [-0.2, 0) is 14.3 Å². The highest BCUT2D eigenvalue weighted by atomic mass is 16.5. The molecular weight excluding hydrogens is 352 g/mol. The first-order valence-electron chi connectivity index (χ1n) is 9.18. The zero-order chi connectivity index (χ0) is 19.2. The summed E-state index contributed by atoms with van der Waals surface area (Å²) >= 11 is 0. The van der Waals surface area contributed by atoms with Gasteiger partial charge in [-0.15, -0.1) is 0 Å². The number of esters is 1. The molecule has 0 spiro atoms. The van der Waals surface area contributed by atoms with E-state index in [1.54, 1.807) is 24.3 Å². The Bertz CT molecular complexity index is 680. The molecule has 1 saturated heterocycles. The van der Waals surface area contributed by atoms with Crippen molar-refractivity contribution in [2.24, 2.45) is 0 Å². The van der Waals surface area contributed by atoms with Crippen LogP contribution in [0.5, 0.6) is 5.75 Å². The molecule has 1 aliphatic heterocycles. The van der Waals surface area contributed by atoms with Crippen molar-refractivity contribution in [3.05, 3.63) is 29.8 Å². The predicted octanol–water partition coefficient (Wildman–Crippen LogP) is 1.78. The van der Waals surface area contributed by atoms with E-state index in [1.165, 1.54) is 6.92 Å².